The number of ether oxygens (including phenoxy) is 4. The molecular weight excluding hydrogens is 474 g/mol. The maximum atomic E-state index is 12.6. The van der Waals surface area contributed by atoms with Crippen molar-refractivity contribution in [3.8, 4) is 11.5 Å². The van der Waals surface area contributed by atoms with Crippen LogP contribution >= 0.6 is 0 Å². The van der Waals surface area contributed by atoms with E-state index in [1.165, 1.54) is 0 Å². The average Bonchev–Trinajstić information content (AvgIpc) is 2.82. The summed E-state index contributed by atoms with van der Waals surface area (Å²) in [6.07, 6.45) is 1.65. The number of alkyl carbamates (subject to hydrolysis) is 1. The molecule has 3 atom stereocenters. The molecule has 0 aliphatic heterocycles. The minimum atomic E-state index is -0.776. The fraction of sp³-hybridized carbons (Fsp3) is 0.750. The van der Waals surface area contributed by atoms with Crippen molar-refractivity contribution in [3.05, 3.63) is 23.8 Å². The maximum absolute atomic E-state index is 12.6. The first-order valence-electron chi connectivity index (χ1n) is 13.4. The number of nitrogens with two attached hydrogens (primary N) is 1. The van der Waals surface area contributed by atoms with Gasteiger partial charge in [-0.3, -0.25) is 0 Å². The van der Waals surface area contributed by atoms with E-state index in [0.717, 1.165) is 24.8 Å². The molecule has 9 heteroatoms. The van der Waals surface area contributed by atoms with Crippen molar-refractivity contribution in [1.82, 2.24) is 10.6 Å². The molecule has 9 nitrogen and oxygen atoms in total. The lowest BCUT2D eigenvalue weighted by Crippen LogP contribution is -2.50. The van der Waals surface area contributed by atoms with Crippen LogP contribution in [0.25, 0.3) is 0 Å². The number of nitrogens with one attached hydrogen (secondary N) is 2. The summed E-state index contributed by atoms with van der Waals surface area (Å²) in [6, 6.07) is 5.50. The number of methoxy groups -OCH3 is 2. The Hall–Kier alpha value is -2.07. The van der Waals surface area contributed by atoms with Gasteiger partial charge in [-0.05, 0) is 82.7 Å². The predicted molar refractivity (Wildman–Crippen MR) is 147 cm³/mol. The van der Waals surface area contributed by atoms with E-state index in [1.54, 1.807) is 14.2 Å². The highest BCUT2D eigenvalue weighted by molar-refractivity contribution is 5.68. The van der Waals surface area contributed by atoms with Crippen LogP contribution in [-0.4, -0.2) is 76.0 Å². The largest absolute Gasteiger partial charge is 0.493 e. The second-order valence-electron chi connectivity index (χ2n) is 10.8. The third-order valence-electron chi connectivity index (χ3n) is 6.05. The molecule has 0 spiro atoms. The highest BCUT2D eigenvalue weighted by atomic mass is 16.6. The molecule has 1 amide bonds. The van der Waals surface area contributed by atoms with Gasteiger partial charge in [-0.15, -0.1) is 0 Å². The number of amides is 1. The third-order valence-corrected chi connectivity index (χ3v) is 6.05. The molecule has 0 fully saturated rings. The van der Waals surface area contributed by atoms with Crippen molar-refractivity contribution >= 4 is 6.09 Å². The number of aliphatic hydroxyl groups is 1. The number of carbonyl (C=O) groups excluding carboxylic acids is 1. The summed E-state index contributed by atoms with van der Waals surface area (Å²) >= 11 is 0. The summed E-state index contributed by atoms with van der Waals surface area (Å²) in [4.78, 5) is 12.6. The molecule has 0 radical (unpaired) electrons. The van der Waals surface area contributed by atoms with Crippen LogP contribution in [0, 0.1) is 11.8 Å². The van der Waals surface area contributed by atoms with Crippen molar-refractivity contribution < 1.29 is 28.8 Å². The van der Waals surface area contributed by atoms with Gasteiger partial charge in [-0.1, -0.05) is 19.9 Å². The summed E-state index contributed by atoms with van der Waals surface area (Å²) in [5.41, 5.74) is 6.05. The van der Waals surface area contributed by atoms with Gasteiger partial charge < -0.3 is 40.4 Å². The van der Waals surface area contributed by atoms with Gasteiger partial charge in [0.2, 0.25) is 0 Å². The molecule has 0 bridgehead atoms. The predicted octanol–water partition coefficient (Wildman–Crippen LogP) is 3.51. The quantitative estimate of drug-likeness (QED) is 0.215. The lowest BCUT2D eigenvalue weighted by atomic mass is 9.83. The minimum absolute atomic E-state index is 0.188. The molecule has 5 N–H and O–H groups in total. The Bertz CT molecular complexity index is 769. The van der Waals surface area contributed by atoms with E-state index < -0.39 is 23.8 Å². The van der Waals surface area contributed by atoms with Crippen molar-refractivity contribution in [3.63, 3.8) is 0 Å². The van der Waals surface area contributed by atoms with Crippen LogP contribution < -0.4 is 25.8 Å². The smallest absolute Gasteiger partial charge is 0.407 e. The first kappa shape index (κ1) is 33.0. The minimum Gasteiger partial charge on any atom is -0.493 e. The fourth-order valence-corrected chi connectivity index (χ4v) is 3.96. The zero-order valence-corrected chi connectivity index (χ0v) is 24.0. The van der Waals surface area contributed by atoms with E-state index in [-0.39, 0.29) is 5.92 Å². The molecule has 1 rings (SSSR count). The molecule has 1 aromatic carbocycles. The third kappa shape index (κ3) is 13.9. The lowest BCUT2D eigenvalue weighted by molar-refractivity contribution is 0.0390. The summed E-state index contributed by atoms with van der Waals surface area (Å²) in [7, 11) is 3.30. The van der Waals surface area contributed by atoms with E-state index in [1.807, 2.05) is 39.0 Å². The summed E-state index contributed by atoms with van der Waals surface area (Å²) in [6.45, 7) is 12.6. The van der Waals surface area contributed by atoms with Gasteiger partial charge in [0.15, 0.2) is 11.5 Å². The van der Waals surface area contributed by atoms with Gasteiger partial charge in [-0.25, -0.2) is 4.79 Å². The second-order valence-corrected chi connectivity index (χ2v) is 10.8. The number of hydrogen-bond donors (Lipinski definition) is 4. The van der Waals surface area contributed by atoms with Gasteiger partial charge in [0.1, 0.15) is 5.60 Å². The molecule has 0 aliphatic carbocycles. The first-order chi connectivity index (χ1) is 17.5. The second kappa shape index (κ2) is 17.4. The van der Waals surface area contributed by atoms with E-state index in [2.05, 4.69) is 24.5 Å². The van der Waals surface area contributed by atoms with Crippen LogP contribution in [0.3, 0.4) is 0 Å². The summed E-state index contributed by atoms with van der Waals surface area (Å²) in [5, 5.41) is 17.1. The number of carbonyl (C=O) groups is 1. The molecule has 37 heavy (non-hydrogen) atoms. The van der Waals surface area contributed by atoms with E-state index >= 15 is 0 Å². The van der Waals surface area contributed by atoms with Gasteiger partial charge in [0.25, 0.3) is 0 Å². The molecule has 0 aromatic heterocycles. The van der Waals surface area contributed by atoms with Crippen molar-refractivity contribution in [2.24, 2.45) is 17.6 Å². The average molecular weight is 526 g/mol. The van der Waals surface area contributed by atoms with E-state index in [0.29, 0.717) is 56.7 Å². The van der Waals surface area contributed by atoms with Gasteiger partial charge in [0, 0.05) is 26.7 Å². The van der Waals surface area contributed by atoms with Crippen LogP contribution in [0.4, 0.5) is 4.79 Å². The first-order valence-corrected chi connectivity index (χ1v) is 13.4. The highest BCUT2D eigenvalue weighted by Gasteiger charge is 2.29. The lowest BCUT2D eigenvalue weighted by Gasteiger charge is -2.31. The Morgan fingerprint density at radius 3 is 2.43 bits per heavy atom. The SMILES string of the molecule is COCCCOc1cc(C[C@@H](C[C@H](NC(=O)OC(C)(C)C)[C@@H](O)CNCCCN)C(C)C)ccc1OC. The Morgan fingerprint density at radius 1 is 1.11 bits per heavy atom. The standard InChI is InChI=1S/C28H51N3O6/c1-20(2)22(16-21-10-11-25(35-7)26(17-21)36-15-9-14-34-6)18-23(24(32)19-30-13-8-12-29)31-27(33)37-28(3,4)5/h10-11,17,20,22-24,30,32H,8-9,12-16,18-19,29H2,1-7H3,(H,31,33)/t22-,23-,24-/m0/s1. The van der Waals surface area contributed by atoms with Crippen molar-refractivity contribution in [2.45, 2.75) is 78.0 Å². The van der Waals surface area contributed by atoms with E-state index in [9.17, 15) is 9.90 Å². The normalized spacial score (nSPS) is 14.2. The van der Waals surface area contributed by atoms with Gasteiger partial charge >= 0.3 is 6.09 Å². The molecular formula is C28H51N3O6. The van der Waals surface area contributed by atoms with Crippen molar-refractivity contribution in [2.75, 3.05) is 47.1 Å². The number of aliphatic hydroxyl groups excluding tert-OH is 1. The zero-order valence-electron chi connectivity index (χ0n) is 24.0. The number of benzene rings is 1. The summed E-state index contributed by atoms with van der Waals surface area (Å²) in [5.74, 6) is 1.89. The Labute approximate surface area is 223 Å². The molecule has 0 saturated heterocycles. The molecule has 0 aliphatic rings. The fourth-order valence-electron chi connectivity index (χ4n) is 3.96. The molecule has 0 unspecified atom stereocenters. The molecule has 0 heterocycles. The van der Waals surface area contributed by atoms with Gasteiger partial charge in [0.05, 0.1) is 25.9 Å². The monoisotopic (exact) mass is 525 g/mol. The Balaban J connectivity index is 3.01. The topological polar surface area (TPSA) is 124 Å². The van der Waals surface area contributed by atoms with E-state index in [4.69, 9.17) is 24.7 Å². The molecule has 0 saturated carbocycles. The van der Waals surface area contributed by atoms with Crippen LogP contribution in [-0.2, 0) is 15.9 Å². The zero-order chi connectivity index (χ0) is 27.8. The van der Waals surface area contributed by atoms with Crippen molar-refractivity contribution in [1.29, 1.82) is 0 Å². The summed E-state index contributed by atoms with van der Waals surface area (Å²) < 4.78 is 22.0. The van der Waals surface area contributed by atoms with Crippen LogP contribution in [0.15, 0.2) is 18.2 Å². The Kier molecular flexibility index (Phi) is 15.5. The molecule has 1 aromatic rings. The maximum Gasteiger partial charge on any atom is 0.407 e. The molecule has 214 valence electrons. The Morgan fingerprint density at radius 2 is 1.84 bits per heavy atom. The highest BCUT2D eigenvalue weighted by Crippen LogP contribution is 2.31. The van der Waals surface area contributed by atoms with Crippen LogP contribution in [0.2, 0.25) is 0 Å². The number of hydrogen-bond acceptors (Lipinski definition) is 8. The van der Waals surface area contributed by atoms with Crippen LogP contribution in [0.5, 0.6) is 11.5 Å². The van der Waals surface area contributed by atoms with Crippen LogP contribution in [0.1, 0.15) is 59.4 Å². The number of rotatable bonds is 18. The van der Waals surface area contributed by atoms with Gasteiger partial charge in [-0.2, -0.15) is 0 Å².